The van der Waals surface area contributed by atoms with Crippen molar-refractivity contribution in [2.75, 3.05) is 21.1 Å². The summed E-state index contributed by atoms with van der Waals surface area (Å²) < 4.78 is 17.5. The topological polar surface area (TPSA) is 104 Å². The molecule has 280 valence electrons. The van der Waals surface area contributed by atoms with Crippen LogP contribution in [-0.4, -0.2) is 53.7 Å². The number of carbonyl (C=O) groups excluding carboxylic acids is 2. The first kappa shape index (κ1) is 46.4. The van der Waals surface area contributed by atoms with Crippen LogP contribution in [0.2, 0.25) is 0 Å². The second kappa shape index (κ2) is 28.1. The molecule has 0 aromatic heterocycles. The van der Waals surface area contributed by atoms with Gasteiger partial charge >= 0.3 is 0 Å². The number of unbranched alkanes of at least 4 members (excludes halogenated alkanes) is 24. The lowest BCUT2D eigenvalue weighted by Gasteiger charge is -2.46. The van der Waals surface area contributed by atoms with Crippen LogP contribution in [0.15, 0.2) is 0 Å². The number of nitrogens with zero attached hydrogens (tertiary/aromatic N) is 1. The van der Waals surface area contributed by atoms with Gasteiger partial charge in [0, 0.05) is 12.8 Å². The van der Waals surface area contributed by atoms with Crippen molar-refractivity contribution >= 4 is 19.4 Å². The van der Waals surface area contributed by atoms with Crippen LogP contribution < -0.4 is 4.89 Å². The normalized spacial score (nSPS) is 15.3. The number of rotatable bonds is 35. The van der Waals surface area contributed by atoms with Crippen LogP contribution in [0.25, 0.3) is 0 Å². The Balaban J connectivity index is 4.83. The minimum atomic E-state index is -5.29. The quantitative estimate of drug-likeness (QED) is 0.0404. The van der Waals surface area contributed by atoms with Gasteiger partial charge in [0.25, 0.3) is 7.82 Å². The number of hydrogen-bond donors (Lipinski definition) is 1. The molecule has 0 aromatic carbocycles. The zero-order chi connectivity index (χ0) is 35.4. The van der Waals surface area contributed by atoms with Gasteiger partial charge in [-0.05, 0) is 19.3 Å². The van der Waals surface area contributed by atoms with Crippen LogP contribution in [0.1, 0.15) is 207 Å². The van der Waals surface area contributed by atoms with Gasteiger partial charge in [-0.2, -0.15) is 0 Å². The molecule has 0 aliphatic carbocycles. The lowest BCUT2D eigenvalue weighted by atomic mass is 9.79. The van der Waals surface area contributed by atoms with Crippen molar-refractivity contribution in [2.24, 2.45) is 0 Å². The average Bonchev–Trinajstić information content (AvgIpc) is 2.99. The van der Waals surface area contributed by atoms with Crippen LogP contribution in [0, 0.1) is 0 Å². The van der Waals surface area contributed by atoms with Gasteiger partial charge < -0.3 is 14.3 Å². The summed E-state index contributed by atoms with van der Waals surface area (Å²) in [6.45, 7) is 6.17. The second-order valence-corrected chi connectivity index (χ2v) is 16.3. The minimum absolute atomic E-state index is 0.00159. The Morgan fingerprint density at radius 1 is 0.596 bits per heavy atom. The Kier molecular flexibility index (Phi) is 27.8. The van der Waals surface area contributed by atoms with E-state index in [2.05, 4.69) is 13.8 Å². The van der Waals surface area contributed by atoms with Crippen LogP contribution in [0.4, 0.5) is 0 Å². The number of phosphoric acid groups is 1. The van der Waals surface area contributed by atoms with Gasteiger partial charge in [0.1, 0.15) is 0 Å². The highest BCUT2D eigenvalue weighted by Gasteiger charge is 2.56. The molecule has 3 unspecified atom stereocenters. The summed E-state index contributed by atoms with van der Waals surface area (Å²) in [4.78, 5) is 49.5. The second-order valence-electron chi connectivity index (χ2n) is 15.2. The Morgan fingerprint density at radius 2 is 0.894 bits per heavy atom. The van der Waals surface area contributed by atoms with Crippen LogP contribution in [-0.2, 0) is 18.7 Å². The predicted molar refractivity (Wildman–Crippen MR) is 196 cm³/mol. The third-order valence-electron chi connectivity index (χ3n) is 9.83. The summed E-state index contributed by atoms with van der Waals surface area (Å²) in [7, 11) is 0.106. The molecular formula is C39H78NO6P. The molecule has 0 bridgehead atoms. The molecule has 8 heteroatoms. The van der Waals surface area contributed by atoms with E-state index in [4.69, 9.17) is 4.52 Å². The number of likely N-dealkylation sites (N-methyl/N-ethyl adjacent to an activating group) is 1. The first-order valence-corrected chi connectivity index (χ1v) is 21.5. The van der Waals surface area contributed by atoms with Crippen molar-refractivity contribution in [3.8, 4) is 0 Å². The first-order chi connectivity index (χ1) is 22.4. The summed E-state index contributed by atoms with van der Waals surface area (Å²) in [6.07, 6.45) is 31.5. The van der Waals surface area contributed by atoms with Gasteiger partial charge in [0.2, 0.25) is 0 Å². The Labute approximate surface area is 291 Å². The third-order valence-corrected chi connectivity index (χ3v) is 10.4. The van der Waals surface area contributed by atoms with Crippen molar-refractivity contribution in [3.05, 3.63) is 0 Å². The lowest BCUT2D eigenvalue weighted by Crippen LogP contribution is -2.66. The summed E-state index contributed by atoms with van der Waals surface area (Å²) in [6, 6.07) is -1.02. The van der Waals surface area contributed by atoms with E-state index in [1.165, 1.54) is 116 Å². The molecule has 0 rings (SSSR count). The fourth-order valence-electron chi connectivity index (χ4n) is 7.20. The summed E-state index contributed by atoms with van der Waals surface area (Å²) in [5.41, 5.74) is -1.91. The van der Waals surface area contributed by atoms with Gasteiger partial charge in [-0.25, -0.2) is 0 Å². The molecule has 0 spiro atoms. The highest BCUT2D eigenvalue weighted by molar-refractivity contribution is 7.44. The third kappa shape index (κ3) is 23.4. The van der Waals surface area contributed by atoms with E-state index in [1.807, 2.05) is 0 Å². The predicted octanol–water partition coefficient (Wildman–Crippen LogP) is 10.8. The van der Waals surface area contributed by atoms with Gasteiger partial charge in [-0.3, -0.25) is 18.7 Å². The largest absolute Gasteiger partial charge is 0.756 e. The van der Waals surface area contributed by atoms with Crippen molar-refractivity contribution < 1.29 is 32.9 Å². The zero-order valence-corrected chi connectivity index (χ0v) is 32.9. The zero-order valence-electron chi connectivity index (χ0n) is 32.0. The van der Waals surface area contributed by atoms with Crippen molar-refractivity contribution in [1.29, 1.82) is 0 Å². The van der Waals surface area contributed by atoms with Crippen molar-refractivity contribution in [3.63, 3.8) is 0 Å². The van der Waals surface area contributed by atoms with E-state index >= 15 is 0 Å². The van der Waals surface area contributed by atoms with Crippen LogP contribution in [0.5, 0.6) is 0 Å². The number of hydrogen-bond acceptors (Lipinski definition) is 5. The maximum absolute atomic E-state index is 13.8. The maximum atomic E-state index is 13.8. The molecule has 0 amide bonds. The van der Waals surface area contributed by atoms with E-state index in [0.29, 0.717) is 12.8 Å². The highest BCUT2D eigenvalue weighted by Crippen LogP contribution is 2.44. The van der Waals surface area contributed by atoms with Crippen LogP contribution >= 0.6 is 7.82 Å². The molecule has 0 fully saturated rings. The fourth-order valence-corrected chi connectivity index (χ4v) is 7.94. The molecule has 0 saturated carbocycles. The van der Waals surface area contributed by atoms with Gasteiger partial charge in [-0.15, -0.1) is 0 Å². The van der Waals surface area contributed by atoms with Crippen molar-refractivity contribution in [1.82, 2.24) is 0 Å². The number of ketones is 2. The van der Waals surface area contributed by atoms with E-state index in [1.54, 1.807) is 28.1 Å². The van der Waals surface area contributed by atoms with E-state index in [0.717, 1.165) is 38.5 Å². The summed E-state index contributed by atoms with van der Waals surface area (Å²) >= 11 is 0. The molecule has 0 heterocycles. The molecular weight excluding hydrogens is 609 g/mol. The molecule has 0 aliphatic heterocycles. The van der Waals surface area contributed by atoms with Crippen molar-refractivity contribution in [2.45, 2.75) is 219 Å². The van der Waals surface area contributed by atoms with Gasteiger partial charge in [0.05, 0.1) is 21.1 Å². The molecule has 7 nitrogen and oxygen atoms in total. The smallest absolute Gasteiger partial charge is 0.266 e. The Hall–Kier alpha value is -0.590. The monoisotopic (exact) mass is 688 g/mol. The lowest BCUT2D eigenvalue weighted by molar-refractivity contribution is -0.892. The SMILES string of the molecule is CCCCCCCCCCCCCCCC(=O)C(C(CC)(OP(=O)([O-])O)C(=O)CCCCCCCCCCCCCCC)[N+](C)(C)C. The molecule has 0 saturated heterocycles. The van der Waals surface area contributed by atoms with E-state index < -0.39 is 25.2 Å². The number of phosphoric ester groups is 1. The minimum Gasteiger partial charge on any atom is -0.756 e. The molecule has 1 N–H and O–H groups in total. The molecule has 0 aromatic rings. The highest BCUT2D eigenvalue weighted by atomic mass is 31.2. The summed E-state index contributed by atoms with van der Waals surface area (Å²) in [5, 5.41) is 0. The number of Topliss-reactive ketones (excluding diaryl/α,β-unsaturated/α-hetero) is 2. The van der Waals surface area contributed by atoms with E-state index in [9.17, 15) is 23.9 Å². The average molecular weight is 688 g/mol. The standard InChI is InChI=1S/C39H78NO6P/c1-7-10-12-14-16-18-20-22-24-26-28-30-32-34-36(41)38(40(4,5)6)39(9-3,46-47(43,44)45)37(42)35-33-31-29-27-25-23-21-19-17-15-13-11-8-2/h38H,7-35H2,1-6H3,(H-,43,44,45). The van der Waals surface area contributed by atoms with E-state index in [-0.39, 0.29) is 29.5 Å². The molecule has 0 radical (unpaired) electrons. The fraction of sp³-hybridized carbons (Fsp3) is 0.949. The van der Waals surface area contributed by atoms with Crippen LogP contribution in [0.3, 0.4) is 0 Å². The Morgan fingerprint density at radius 3 is 1.17 bits per heavy atom. The molecule has 3 atom stereocenters. The number of quaternary nitrogens is 1. The van der Waals surface area contributed by atoms with Gasteiger partial charge in [-0.1, -0.05) is 175 Å². The number of carbonyl (C=O) groups is 2. The molecule has 0 aliphatic rings. The van der Waals surface area contributed by atoms with Gasteiger partial charge in [0.15, 0.2) is 23.2 Å². The first-order valence-electron chi connectivity index (χ1n) is 20.0. The maximum Gasteiger partial charge on any atom is 0.266 e. The summed E-state index contributed by atoms with van der Waals surface area (Å²) in [5.74, 6) is -0.570. The Bertz CT molecular complexity index is 823. The molecule has 47 heavy (non-hydrogen) atoms.